The molecule has 0 heterocycles. The lowest BCUT2D eigenvalue weighted by atomic mass is 10.0. The van der Waals surface area contributed by atoms with E-state index in [4.69, 9.17) is 4.74 Å². The van der Waals surface area contributed by atoms with Gasteiger partial charge in [0.15, 0.2) is 0 Å². The second-order valence-electron chi connectivity index (χ2n) is 4.58. The first-order chi connectivity index (χ1) is 11.0. The summed E-state index contributed by atoms with van der Waals surface area (Å²) < 4.78 is 5.05. The number of Topliss-reactive ketones (excluding diaryl/α,β-unsaturated/α-hetero) is 1. The van der Waals surface area contributed by atoms with Gasteiger partial charge < -0.3 is 4.74 Å². The van der Waals surface area contributed by atoms with E-state index in [-0.39, 0.29) is 11.3 Å². The van der Waals surface area contributed by atoms with Crippen molar-refractivity contribution in [1.82, 2.24) is 0 Å². The molecule has 0 amide bonds. The topological polar surface area (TPSA) is 93.2 Å². The molecule has 0 saturated heterocycles. The van der Waals surface area contributed by atoms with Crippen molar-refractivity contribution in [2.45, 2.75) is 0 Å². The Morgan fingerprint density at radius 2 is 2.00 bits per heavy atom. The van der Waals surface area contributed by atoms with Crippen LogP contribution < -0.4 is 4.74 Å². The lowest BCUT2D eigenvalue weighted by Crippen LogP contribution is -2.02. The van der Waals surface area contributed by atoms with Crippen molar-refractivity contribution >= 4 is 17.5 Å². The largest absolute Gasteiger partial charge is 0.497 e. The van der Waals surface area contributed by atoms with E-state index in [1.807, 2.05) is 6.07 Å². The molecule has 6 nitrogen and oxygen atoms in total. The van der Waals surface area contributed by atoms with Gasteiger partial charge in [0.25, 0.3) is 5.69 Å². The maximum atomic E-state index is 12.4. The Labute approximate surface area is 132 Å². The summed E-state index contributed by atoms with van der Waals surface area (Å²) in [5.74, 6) is 0.0291. The van der Waals surface area contributed by atoms with Crippen molar-refractivity contribution in [3.63, 3.8) is 0 Å². The fraction of sp³-hybridized carbons (Fsp3) is 0.0588. The van der Waals surface area contributed by atoms with Gasteiger partial charge in [-0.05, 0) is 23.8 Å². The number of carbonyl (C=O) groups is 1. The Balaban J connectivity index is 2.38. The molecule has 0 atom stereocenters. The first kappa shape index (κ1) is 15.9. The van der Waals surface area contributed by atoms with Crippen LogP contribution in [0.5, 0.6) is 5.75 Å². The van der Waals surface area contributed by atoms with Gasteiger partial charge in [-0.15, -0.1) is 0 Å². The molecule has 0 N–H and O–H groups in total. The van der Waals surface area contributed by atoms with Crippen LogP contribution >= 0.6 is 0 Å². The van der Waals surface area contributed by atoms with Crippen LogP contribution in [-0.2, 0) is 0 Å². The maximum Gasteiger partial charge on any atom is 0.270 e. The lowest BCUT2D eigenvalue weighted by molar-refractivity contribution is -0.384. The predicted molar refractivity (Wildman–Crippen MR) is 84.0 cm³/mol. The zero-order chi connectivity index (χ0) is 16.8. The Kier molecular flexibility index (Phi) is 4.85. The molecule has 114 valence electrons. The van der Waals surface area contributed by atoms with Gasteiger partial charge in [-0.3, -0.25) is 14.9 Å². The summed E-state index contributed by atoms with van der Waals surface area (Å²) in [6.07, 6.45) is 1.33. The molecule has 2 aromatic rings. The first-order valence-corrected chi connectivity index (χ1v) is 6.60. The number of methoxy groups -OCH3 is 1. The summed E-state index contributed by atoms with van der Waals surface area (Å²) >= 11 is 0. The minimum Gasteiger partial charge on any atom is -0.497 e. The number of ether oxygens (including phenoxy) is 1. The molecule has 2 rings (SSSR count). The summed E-state index contributed by atoms with van der Waals surface area (Å²) in [7, 11) is 1.48. The zero-order valence-electron chi connectivity index (χ0n) is 12.2. The van der Waals surface area contributed by atoms with Gasteiger partial charge >= 0.3 is 0 Å². The Bertz CT molecular complexity index is 834. The van der Waals surface area contributed by atoms with E-state index in [1.165, 1.54) is 37.5 Å². The molecule has 0 fully saturated rings. The van der Waals surface area contributed by atoms with Crippen LogP contribution in [0.3, 0.4) is 0 Å². The Hall–Kier alpha value is -3.46. The predicted octanol–water partition coefficient (Wildman–Crippen LogP) is 3.39. The van der Waals surface area contributed by atoms with Crippen LogP contribution in [0.15, 0.2) is 54.1 Å². The number of carbonyl (C=O) groups excluding carboxylic acids is 1. The van der Waals surface area contributed by atoms with Crippen molar-refractivity contribution in [2.24, 2.45) is 0 Å². The van der Waals surface area contributed by atoms with Gasteiger partial charge in [0.2, 0.25) is 5.78 Å². The van der Waals surface area contributed by atoms with Crippen LogP contribution in [-0.4, -0.2) is 17.8 Å². The van der Waals surface area contributed by atoms with E-state index in [0.717, 1.165) is 0 Å². The summed E-state index contributed by atoms with van der Waals surface area (Å²) in [6, 6.07) is 14.0. The number of nitro benzene ring substituents is 1. The van der Waals surface area contributed by atoms with E-state index in [1.54, 1.807) is 24.3 Å². The highest BCUT2D eigenvalue weighted by Crippen LogP contribution is 2.19. The van der Waals surface area contributed by atoms with Crippen LogP contribution in [0.4, 0.5) is 5.69 Å². The van der Waals surface area contributed by atoms with Crippen molar-refractivity contribution in [3.05, 3.63) is 75.3 Å². The zero-order valence-corrected chi connectivity index (χ0v) is 12.2. The third kappa shape index (κ3) is 3.80. The molecule has 0 aliphatic carbocycles. The molecule has 23 heavy (non-hydrogen) atoms. The van der Waals surface area contributed by atoms with Gasteiger partial charge in [-0.25, -0.2) is 0 Å². The van der Waals surface area contributed by atoms with Gasteiger partial charge in [0.05, 0.1) is 12.0 Å². The molecular weight excluding hydrogens is 296 g/mol. The minimum absolute atomic E-state index is 0.107. The lowest BCUT2D eigenvalue weighted by Gasteiger charge is -2.03. The molecule has 0 aromatic heterocycles. The Morgan fingerprint density at radius 3 is 2.65 bits per heavy atom. The first-order valence-electron chi connectivity index (χ1n) is 6.60. The van der Waals surface area contributed by atoms with Crippen molar-refractivity contribution in [3.8, 4) is 11.8 Å². The maximum absolute atomic E-state index is 12.4. The molecule has 0 bridgehead atoms. The second-order valence-corrected chi connectivity index (χ2v) is 4.58. The number of nitro groups is 1. The van der Waals surface area contributed by atoms with Crippen LogP contribution in [0.2, 0.25) is 0 Å². The number of rotatable bonds is 5. The van der Waals surface area contributed by atoms with Gasteiger partial charge in [0, 0.05) is 17.7 Å². The second kappa shape index (κ2) is 7.00. The summed E-state index contributed by atoms with van der Waals surface area (Å²) in [6.45, 7) is 0. The standard InChI is InChI=1S/C17H12N2O4/c1-23-16-7-3-5-13(10-16)17(20)14(11-18)8-12-4-2-6-15(9-12)19(21)22/h2-10H,1H3/b14-8+. The van der Waals surface area contributed by atoms with E-state index in [2.05, 4.69) is 0 Å². The van der Waals surface area contributed by atoms with Crippen LogP contribution in [0.1, 0.15) is 15.9 Å². The van der Waals surface area contributed by atoms with Crippen molar-refractivity contribution < 1.29 is 14.5 Å². The number of hydrogen-bond acceptors (Lipinski definition) is 5. The van der Waals surface area contributed by atoms with E-state index in [0.29, 0.717) is 16.9 Å². The number of allylic oxidation sites excluding steroid dienone is 1. The molecule has 0 saturated carbocycles. The molecule has 0 aliphatic heterocycles. The average molecular weight is 308 g/mol. The quantitative estimate of drug-likeness (QED) is 0.277. The average Bonchev–Trinajstić information content (AvgIpc) is 2.59. The monoisotopic (exact) mass is 308 g/mol. The molecule has 0 spiro atoms. The van der Waals surface area contributed by atoms with E-state index >= 15 is 0 Å². The van der Waals surface area contributed by atoms with Gasteiger partial charge in [-0.1, -0.05) is 24.3 Å². The third-order valence-electron chi connectivity index (χ3n) is 3.09. The fourth-order valence-electron chi connectivity index (χ4n) is 1.96. The van der Waals surface area contributed by atoms with Crippen molar-refractivity contribution in [1.29, 1.82) is 5.26 Å². The molecule has 0 unspecified atom stereocenters. The normalized spacial score (nSPS) is 10.7. The number of hydrogen-bond donors (Lipinski definition) is 0. The highest BCUT2D eigenvalue weighted by molar-refractivity contribution is 6.14. The molecule has 6 heteroatoms. The SMILES string of the molecule is COc1cccc(C(=O)/C(C#N)=C/c2cccc([N+](=O)[O-])c2)c1. The molecular formula is C17H12N2O4. The highest BCUT2D eigenvalue weighted by Gasteiger charge is 2.13. The summed E-state index contributed by atoms with van der Waals surface area (Å²) in [4.78, 5) is 22.6. The van der Waals surface area contributed by atoms with Crippen LogP contribution in [0, 0.1) is 21.4 Å². The number of non-ortho nitro benzene ring substituents is 1. The summed E-state index contributed by atoms with van der Waals surface area (Å²) in [5, 5.41) is 20.0. The van der Waals surface area contributed by atoms with E-state index < -0.39 is 10.7 Å². The number of nitrogens with zero attached hydrogens (tertiary/aromatic N) is 2. The van der Waals surface area contributed by atoms with Crippen molar-refractivity contribution in [2.75, 3.05) is 7.11 Å². The number of benzene rings is 2. The van der Waals surface area contributed by atoms with Gasteiger partial charge in [-0.2, -0.15) is 5.26 Å². The Morgan fingerprint density at radius 1 is 1.26 bits per heavy atom. The third-order valence-corrected chi connectivity index (χ3v) is 3.09. The number of ketones is 1. The molecule has 0 radical (unpaired) electrons. The highest BCUT2D eigenvalue weighted by atomic mass is 16.6. The smallest absolute Gasteiger partial charge is 0.270 e. The van der Waals surface area contributed by atoms with E-state index in [9.17, 15) is 20.2 Å². The fourth-order valence-corrected chi connectivity index (χ4v) is 1.96. The number of nitriles is 1. The summed E-state index contributed by atoms with van der Waals surface area (Å²) in [5.41, 5.74) is 0.498. The molecule has 0 aliphatic rings. The minimum atomic E-state index is -0.534. The molecule has 2 aromatic carbocycles. The van der Waals surface area contributed by atoms with Crippen LogP contribution in [0.25, 0.3) is 6.08 Å². The van der Waals surface area contributed by atoms with Gasteiger partial charge in [0.1, 0.15) is 17.4 Å².